The SMILES string of the molecule is Fc1ccccc1-c1nc(Sc2ccc(C(F)(F)F)nn2)n[nH]1. The quantitative estimate of drug-likeness (QED) is 0.738. The van der Waals surface area contributed by atoms with E-state index in [4.69, 9.17) is 0 Å². The van der Waals surface area contributed by atoms with Gasteiger partial charge in [-0.2, -0.15) is 13.2 Å². The molecule has 5 nitrogen and oxygen atoms in total. The molecule has 0 aliphatic rings. The molecule has 0 atom stereocenters. The predicted octanol–water partition coefficient (Wildman–Crippen LogP) is 3.57. The van der Waals surface area contributed by atoms with Crippen molar-refractivity contribution >= 4 is 11.8 Å². The molecule has 1 N–H and O–H groups in total. The van der Waals surface area contributed by atoms with Crippen LogP contribution in [0.15, 0.2) is 46.6 Å². The van der Waals surface area contributed by atoms with Gasteiger partial charge < -0.3 is 0 Å². The van der Waals surface area contributed by atoms with Gasteiger partial charge in [-0.3, -0.25) is 5.10 Å². The van der Waals surface area contributed by atoms with Gasteiger partial charge in [-0.15, -0.1) is 15.3 Å². The van der Waals surface area contributed by atoms with Crippen LogP contribution in [0.3, 0.4) is 0 Å². The van der Waals surface area contributed by atoms with Crippen molar-refractivity contribution in [3.05, 3.63) is 47.9 Å². The molecular formula is C13H7F4N5S. The Kier molecular flexibility index (Phi) is 3.99. The highest BCUT2D eigenvalue weighted by atomic mass is 32.2. The average molecular weight is 341 g/mol. The van der Waals surface area contributed by atoms with Crippen LogP contribution >= 0.6 is 11.8 Å². The Hall–Kier alpha value is -2.49. The van der Waals surface area contributed by atoms with Gasteiger partial charge >= 0.3 is 6.18 Å². The van der Waals surface area contributed by atoms with Crippen LogP contribution in [0.25, 0.3) is 11.4 Å². The molecule has 0 spiro atoms. The van der Waals surface area contributed by atoms with Gasteiger partial charge in [0.05, 0.1) is 5.56 Å². The first-order valence-electron chi connectivity index (χ1n) is 6.19. The Bertz CT molecular complexity index is 816. The summed E-state index contributed by atoms with van der Waals surface area (Å²) in [6.07, 6.45) is -4.54. The third kappa shape index (κ3) is 3.47. The maximum Gasteiger partial charge on any atom is 0.435 e. The van der Waals surface area contributed by atoms with Gasteiger partial charge in [0.15, 0.2) is 11.5 Å². The van der Waals surface area contributed by atoms with Gasteiger partial charge in [0.25, 0.3) is 0 Å². The Morgan fingerprint density at radius 3 is 2.43 bits per heavy atom. The lowest BCUT2D eigenvalue weighted by atomic mass is 10.2. The topological polar surface area (TPSA) is 67.3 Å². The number of halogens is 4. The molecule has 0 radical (unpaired) electrons. The summed E-state index contributed by atoms with van der Waals surface area (Å²) < 4.78 is 50.8. The molecule has 0 saturated heterocycles. The number of rotatable bonds is 3. The van der Waals surface area contributed by atoms with Gasteiger partial charge in [0.1, 0.15) is 10.8 Å². The normalized spacial score (nSPS) is 11.7. The summed E-state index contributed by atoms with van der Waals surface area (Å²) in [7, 11) is 0. The van der Waals surface area contributed by atoms with E-state index < -0.39 is 17.7 Å². The van der Waals surface area contributed by atoms with Crippen molar-refractivity contribution in [2.45, 2.75) is 16.4 Å². The summed E-state index contributed by atoms with van der Waals surface area (Å²) in [4.78, 5) is 4.07. The number of alkyl halides is 3. The number of H-pyrrole nitrogens is 1. The fraction of sp³-hybridized carbons (Fsp3) is 0.0769. The van der Waals surface area contributed by atoms with Crippen LogP contribution in [0.4, 0.5) is 17.6 Å². The summed E-state index contributed by atoms with van der Waals surface area (Å²) in [5, 5.41) is 13.4. The second-order valence-corrected chi connectivity index (χ2v) is 5.29. The van der Waals surface area contributed by atoms with Crippen LogP contribution in [0.5, 0.6) is 0 Å². The first kappa shape index (κ1) is 15.4. The second kappa shape index (κ2) is 5.95. The van der Waals surface area contributed by atoms with Crippen molar-refractivity contribution in [1.82, 2.24) is 25.4 Å². The Labute approximate surface area is 131 Å². The molecule has 0 unspecified atom stereocenters. The van der Waals surface area contributed by atoms with Crippen LogP contribution in [0.1, 0.15) is 5.69 Å². The highest BCUT2D eigenvalue weighted by Gasteiger charge is 2.32. The molecule has 23 heavy (non-hydrogen) atoms. The van der Waals surface area contributed by atoms with E-state index in [1.54, 1.807) is 12.1 Å². The van der Waals surface area contributed by atoms with Gasteiger partial charge in [-0.05, 0) is 36.0 Å². The van der Waals surface area contributed by atoms with Crippen LogP contribution in [-0.4, -0.2) is 25.4 Å². The van der Waals surface area contributed by atoms with E-state index in [1.165, 1.54) is 18.2 Å². The number of nitrogens with one attached hydrogen (secondary N) is 1. The summed E-state index contributed by atoms with van der Waals surface area (Å²) in [5.41, 5.74) is -0.839. The monoisotopic (exact) mass is 341 g/mol. The summed E-state index contributed by atoms with van der Waals surface area (Å²) in [5.74, 6) is -0.250. The van der Waals surface area contributed by atoms with Crippen molar-refractivity contribution in [2.75, 3.05) is 0 Å². The molecule has 0 aliphatic heterocycles. The van der Waals surface area contributed by atoms with Crippen molar-refractivity contribution < 1.29 is 17.6 Å². The van der Waals surface area contributed by atoms with Crippen molar-refractivity contribution in [3.63, 3.8) is 0 Å². The lowest BCUT2D eigenvalue weighted by Gasteiger charge is -2.03. The Balaban J connectivity index is 1.78. The fourth-order valence-electron chi connectivity index (χ4n) is 1.68. The van der Waals surface area contributed by atoms with E-state index in [2.05, 4.69) is 25.4 Å². The molecule has 0 saturated carbocycles. The van der Waals surface area contributed by atoms with E-state index in [9.17, 15) is 17.6 Å². The van der Waals surface area contributed by atoms with Gasteiger partial charge in [0, 0.05) is 0 Å². The molecular weight excluding hydrogens is 334 g/mol. The van der Waals surface area contributed by atoms with E-state index in [-0.39, 0.29) is 21.6 Å². The van der Waals surface area contributed by atoms with Crippen molar-refractivity contribution in [1.29, 1.82) is 0 Å². The van der Waals surface area contributed by atoms with E-state index >= 15 is 0 Å². The maximum absolute atomic E-state index is 13.6. The van der Waals surface area contributed by atoms with Crippen molar-refractivity contribution in [2.24, 2.45) is 0 Å². The molecule has 0 bridgehead atoms. The van der Waals surface area contributed by atoms with Crippen LogP contribution < -0.4 is 0 Å². The summed E-state index contributed by atoms with van der Waals surface area (Å²) in [6, 6.07) is 7.99. The minimum Gasteiger partial charge on any atom is -0.258 e. The number of benzene rings is 1. The fourth-order valence-corrected chi connectivity index (χ4v) is 2.32. The first-order valence-corrected chi connectivity index (χ1v) is 7.01. The molecule has 0 aliphatic carbocycles. The standard InChI is InChI=1S/C13H7F4N5S/c14-8-4-2-1-3-7(8)11-18-12(22-21-11)23-10-6-5-9(19-20-10)13(15,16)17/h1-6H,(H,18,21,22). The number of aromatic amines is 1. The molecule has 2 aromatic heterocycles. The summed E-state index contributed by atoms with van der Waals surface area (Å²) in [6.45, 7) is 0. The summed E-state index contributed by atoms with van der Waals surface area (Å²) >= 11 is 0.911. The molecule has 1 aromatic carbocycles. The van der Waals surface area contributed by atoms with Crippen molar-refractivity contribution in [3.8, 4) is 11.4 Å². The molecule has 3 aromatic rings. The molecule has 118 valence electrons. The molecule has 0 amide bonds. The lowest BCUT2D eigenvalue weighted by Crippen LogP contribution is -2.08. The van der Waals surface area contributed by atoms with Gasteiger partial charge in [-0.25, -0.2) is 9.37 Å². The molecule has 10 heteroatoms. The largest absolute Gasteiger partial charge is 0.435 e. The maximum atomic E-state index is 13.6. The first-order chi connectivity index (χ1) is 10.9. The third-order valence-corrected chi connectivity index (χ3v) is 3.51. The minimum absolute atomic E-state index is 0.192. The Morgan fingerprint density at radius 2 is 1.78 bits per heavy atom. The minimum atomic E-state index is -4.54. The highest BCUT2D eigenvalue weighted by molar-refractivity contribution is 7.99. The number of hydrogen-bond donors (Lipinski definition) is 1. The van der Waals surface area contributed by atoms with Crippen LogP contribution in [-0.2, 0) is 6.18 Å². The van der Waals surface area contributed by atoms with Crippen LogP contribution in [0, 0.1) is 5.82 Å². The zero-order valence-electron chi connectivity index (χ0n) is 11.2. The van der Waals surface area contributed by atoms with Gasteiger partial charge in [0.2, 0.25) is 5.16 Å². The number of aromatic nitrogens is 5. The second-order valence-electron chi connectivity index (χ2n) is 4.30. The van der Waals surface area contributed by atoms with Crippen LogP contribution in [0.2, 0.25) is 0 Å². The van der Waals surface area contributed by atoms with E-state index in [0.29, 0.717) is 0 Å². The number of hydrogen-bond acceptors (Lipinski definition) is 5. The number of nitrogens with zero attached hydrogens (tertiary/aromatic N) is 4. The smallest absolute Gasteiger partial charge is 0.258 e. The molecule has 3 rings (SSSR count). The average Bonchev–Trinajstić information content (AvgIpc) is 2.95. The highest BCUT2D eigenvalue weighted by Crippen LogP contribution is 2.29. The lowest BCUT2D eigenvalue weighted by molar-refractivity contribution is -0.141. The van der Waals surface area contributed by atoms with E-state index in [1.807, 2.05) is 0 Å². The van der Waals surface area contributed by atoms with Gasteiger partial charge in [-0.1, -0.05) is 12.1 Å². The molecule has 0 fully saturated rings. The zero-order valence-corrected chi connectivity index (χ0v) is 12.0. The third-order valence-electron chi connectivity index (χ3n) is 2.72. The Morgan fingerprint density at radius 1 is 1.00 bits per heavy atom. The van der Waals surface area contributed by atoms with E-state index in [0.717, 1.165) is 17.8 Å². The zero-order chi connectivity index (χ0) is 16.4. The molecule has 2 heterocycles. The predicted molar refractivity (Wildman–Crippen MR) is 72.9 cm³/mol.